The minimum Gasteiger partial charge on any atom is -0.443 e. The molecule has 11 amide bonds. The summed E-state index contributed by atoms with van der Waals surface area (Å²) in [5, 5.41) is 21.9. The van der Waals surface area contributed by atoms with Gasteiger partial charge in [0.25, 0.3) is 22.0 Å². The Balaban J connectivity index is 0.000000540. The maximum Gasteiger partial charge on any atom is 0.424 e. The number of ketones is 2. The fourth-order valence-corrected chi connectivity index (χ4v) is 15.0. The molecule has 30 nitrogen and oxygen atoms in total. The Morgan fingerprint density at radius 2 is 0.864 bits per heavy atom. The number of nitrogens with zero attached hydrogens (tertiary/aromatic N) is 6. The number of likely N-dealkylation sites (N-methyl/N-ethyl adjacent to an activating group) is 2. The molecule has 12 atom stereocenters. The van der Waals surface area contributed by atoms with Crippen molar-refractivity contribution in [2.24, 2.45) is 56.2 Å². The van der Waals surface area contributed by atoms with Crippen molar-refractivity contribution >= 4 is 85.6 Å². The molecular formula is C71H126N14O16S2. The first-order valence-electron chi connectivity index (χ1n) is 35.5. The number of amides is 11. The summed E-state index contributed by atoms with van der Waals surface area (Å²) in [6, 6.07) is -8.96. The van der Waals surface area contributed by atoms with E-state index >= 15 is 0 Å². The van der Waals surface area contributed by atoms with Gasteiger partial charge in [-0.15, -0.1) is 13.2 Å². The summed E-state index contributed by atoms with van der Waals surface area (Å²) >= 11 is 0. The van der Waals surface area contributed by atoms with Crippen molar-refractivity contribution < 1.29 is 74.3 Å². The molecule has 2 unspecified atom stereocenters. The molecule has 0 aromatic carbocycles. The van der Waals surface area contributed by atoms with Crippen LogP contribution in [0.2, 0.25) is 0 Å². The lowest BCUT2D eigenvalue weighted by molar-refractivity contribution is -0.145. The number of carbonyl (C=O) groups is 11. The number of Topliss-reactive ketones (excluding diaryl/α,β-unsaturated/α-hetero) is 2. The van der Waals surface area contributed by atoms with E-state index in [1.54, 1.807) is 41.5 Å². The summed E-state index contributed by atoms with van der Waals surface area (Å²) in [5.41, 5.74) is -4.25. The second-order valence-electron chi connectivity index (χ2n) is 34.5. The van der Waals surface area contributed by atoms with Gasteiger partial charge in [0.15, 0.2) is 0 Å². The van der Waals surface area contributed by atoms with Crippen LogP contribution in [0.5, 0.6) is 0 Å². The number of rotatable bonds is 31. The molecule has 2 saturated heterocycles. The van der Waals surface area contributed by atoms with Crippen LogP contribution in [0.3, 0.4) is 0 Å². The lowest BCUT2D eigenvalue weighted by atomic mass is 9.85. The monoisotopic (exact) mass is 1490 g/mol. The molecule has 0 bridgehead atoms. The normalized spacial score (nSPS) is 21.6. The SMILES string of the molecule is C=CCNC(=O)C(=O)C(CCC)NC(=O)[C@@H]1[C@@H]2[C@H](CN1C(=O)[C@@H](NC(=O)N[C@H](CN(C)S(=O)(=O)N(C)C)C(C)(C)C)C(C)(C)C)C2(C)C.C=CCNC(=O)C(=O)C(CCCC)NC(=O)[C@@H]1[C@@H]2[C@H](CN1C(=O)[C@@H](NC(=O)N[C@H](CN(C)S(=O)(=O)N(C)C(=O)OC(C)(C)C)C(C)(C)C)C(C)(C)C)C2(C)C. The number of likely N-dealkylation sites (tertiary alicyclic amines) is 2. The van der Waals surface area contributed by atoms with E-state index in [1.807, 2.05) is 104 Å². The highest BCUT2D eigenvalue weighted by molar-refractivity contribution is 7.87. The molecule has 0 radical (unpaired) electrons. The Bertz CT molecular complexity index is 3360. The summed E-state index contributed by atoms with van der Waals surface area (Å²) in [4.78, 5) is 151. The first-order chi connectivity index (χ1) is 46.8. The summed E-state index contributed by atoms with van der Waals surface area (Å²) in [6.45, 7) is 46.2. The van der Waals surface area contributed by atoms with Crippen LogP contribution in [-0.4, -0.2) is 237 Å². The average Bonchev–Trinajstić information content (AvgIpc) is 1.53. The van der Waals surface area contributed by atoms with Gasteiger partial charge >= 0.3 is 28.4 Å². The molecule has 588 valence electrons. The summed E-state index contributed by atoms with van der Waals surface area (Å²) < 4.78 is 61.0. The summed E-state index contributed by atoms with van der Waals surface area (Å²) in [7, 11) is -1.42. The van der Waals surface area contributed by atoms with Gasteiger partial charge in [-0.2, -0.15) is 34.1 Å². The Hall–Kier alpha value is -6.77. The van der Waals surface area contributed by atoms with E-state index in [4.69, 9.17) is 4.74 Å². The highest BCUT2D eigenvalue weighted by Gasteiger charge is 2.71. The van der Waals surface area contributed by atoms with Crippen LogP contribution in [0, 0.1) is 56.2 Å². The third-order valence-corrected chi connectivity index (χ3v) is 23.7. The highest BCUT2D eigenvalue weighted by Crippen LogP contribution is 2.66. The van der Waals surface area contributed by atoms with Gasteiger partial charge in [-0.25, -0.2) is 14.4 Å². The molecule has 0 aromatic rings. The number of hydrogen-bond acceptors (Lipinski definition) is 16. The minimum absolute atomic E-state index is 0.00361. The Labute approximate surface area is 614 Å². The van der Waals surface area contributed by atoms with Gasteiger partial charge < -0.3 is 57.1 Å². The number of hydrogen-bond donors (Lipinski definition) is 8. The number of ether oxygens (including phenoxy) is 1. The zero-order valence-electron chi connectivity index (χ0n) is 66.3. The van der Waals surface area contributed by atoms with Crippen LogP contribution in [0.15, 0.2) is 25.3 Å². The topological polar surface area (TPSA) is 381 Å². The number of unbranched alkanes of at least 4 members (excludes halogenated alkanes) is 1. The van der Waals surface area contributed by atoms with Gasteiger partial charge in [0.1, 0.15) is 29.8 Å². The van der Waals surface area contributed by atoms with Crippen molar-refractivity contribution in [3.63, 3.8) is 0 Å². The predicted molar refractivity (Wildman–Crippen MR) is 394 cm³/mol. The molecule has 2 saturated carbocycles. The zero-order valence-corrected chi connectivity index (χ0v) is 67.9. The van der Waals surface area contributed by atoms with Gasteiger partial charge in [0, 0.05) is 86.6 Å². The van der Waals surface area contributed by atoms with E-state index in [2.05, 4.69) is 55.7 Å². The first kappa shape index (κ1) is 90.4. The molecule has 103 heavy (non-hydrogen) atoms. The molecular weight excluding hydrogens is 1370 g/mol. The molecule has 4 aliphatic rings. The predicted octanol–water partition coefficient (Wildman–Crippen LogP) is 4.68. The summed E-state index contributed by atoms with van der Waals surface area (Å²) in [6.07, 6.45) is 4.18. The zero-order chi connectivity index (χ0) is 79.8. The molecule has 2 heterocycles. The van der Waals surface area contributed by atoms with Crippen LogP contribution in [-0.2, 0) is 63.5 Å². The van der Waals surface area contributed by atoms with E-state index in [-0.39, 0.29) is 80.1 Å². The van der Waals surface area contributed by atoms with Crippen molar-refractivity contribution in [1.82, 2.24) is 69.6 Å². The van der Waals surface area contributed by atoms with Crippen LogP contribution in [0.4, 0.5) is 14.4 Å². The Kier molecular flexibility index (Phi) is 30.4. The second-order valence-corrected chi connectivity index (χ2v) is 38.9. The quantitative estimate of drug-likeness (QED) is 0.0345. The molecule has 32 heteroatoms. The van der Waals surface area contributed by atoms with Gasteiger partial charge in [-0.3, -0.25) is 38.4 Å². The minimum atomic E-state index is -4.35. The van der Waals surface area contributed by atoms with E-state index < -0.39 is 161 Å². The molecule has 4 fully saturated rings. The smallest absolute Gasteiger partial charge is 0.424 e. The van der Waals surface area contributed by atoms with Crippen molar-refractivity contribution in [3.8, 4) is 0 Å². The average molecular weight is 1500 g/mol. The molecule has 0 spiro atoms. The van der Waals surface area contributed by atoms with E-state index in [0.29, 0.717) is 23.7 Å². The van der Waals surface area contributed by atoms with Crippen molar-refractivity contribution in [1.29, 1.82) is 0 Å². The third-order valence-electron chi connectivity index (χ3n) is 20.1. The van der Waals surface area contributed by atoms with Gasteiger partial charge in [-0.05, 0) is 89.8 Å². The lowest BCUT2D eigenvalue weighted by Crippen LogP contribution is -2.63. The Morgan fingerprint density at radius 3 is 1.17 bits per heavy atom. The molecule has 2 aliphatic heterocycles. The second kappa shape index (κ2) is 34.6. The number of fused-ring (bicyclic) bond motifs is 2. The van der Waals surface area contributed by atoms with Gasteiger partial charge in [0.2, 0.25) is 35.2 Å². The van der Waals surface area contributed by atoms with Gasteiger partial charge in [-0.1, -0.05) is 156 Å². The first-order valence-corrected chi connectivity index (χ1v) is 38.3. The maximum atomic E-state index is 14.5. The fourth-order valence-electron chi connectivity index (χ4n) is 13.2. The van der Waals surface area contributed by atoms with Crippen LogP contribution in [0.1, 0.15) is 178 Å². The third kappa shape index (κ3) is 23.1. The van der Waals surface area contributed by atoms with Crippen molar-refractivity contribution in [2.45, 2.75) is 231 Å². The largest absolute Gasteiger partial charge is 0.443 e. The number of carbonyl (C=O) groups excluding carboxylic acids is 11. The van der Waals surface area contributed by atoms with Gasteiger partial charge in [0.05, 0.1) is 12.1 Å². The summed E-state index contributed by atoms with van der Waals surface area (Å²) in [5.74, 6) is -5.50. The van der Waals surface area contributed by atoms with Crippen molar-refractivity contribution in [2.75, 3.05) is 74.5 Å². The standard InChI is InChI=1S/C38H67N7O9S.C33H59N7O7S/c1-16-18-19-24(28(46)31(48)39-20-17-2)40-30(47)27-26-23(38(26,12)13)21-45(27)32(49)29(36(6,7)8)42-33(50)41-25(35(3,4)5)22-43(14)55(52,53)44(15)34(51)54-37(9,10)11;1-14-16-21(25(41)28(43)34-17-15-2)35-27(42)24-23-20(33(23,9)10)18-40(24)29(44)26(32(6,7)8)37-30(45)36-22(31(3,4)5)19-39(13)48(46,47)38(11)12/h17,23-27,29H,2,16,18-22H2,1,3-15H3,(H,39,48)(H,40,47)(H2,41,42,50);15,20-24,26H,2,14,16-19H2,1,3-13H3,(H,34,43)(H,35,42)(H2,36,37,45)/t23-,24?,25+,26-,27-,29+;20-,21?,22+,23-,24-,26+/m00/s1. The number of urea groups is 2. The highest BCUT2D eigenvalue weighted by atomic mass is 32.2. The Morgan fingerprint density at radius 1 is 0.515 bits per heavy atom. The van der Waals surface area contributed by atoms with Crippen LogP contribution in [0.25, 0.3) is 0 Å². The molecule has 4 rings (SSSR count). The molecule has 2 aliphatic carbocycles. The number of nitrogens with one attached hydrogen (secondary N) is 8. The number of piperidine rings is 2. The lowest BCUT2D eigenvalue weighted by Gasteiger charge is -2.39. The van der Waals surface area contributed by atoms with E-state index in [9.17, 15) is 69.6 Å². The maximum absolute atomic E-state index is 14.5. The van der Waals surface area contributed by atoms with Crippen molar-refractivity contribution in [3.05, 3.63) is 25.3 Å². The fraction of sp³-hybridized carbons (Fsp3) is 0.789. The molecule has 8 N–H and O–H groups in total. The van der Waals surface area contributed by atoms with Crippen LogP contribution >= 0.6 is 0 Å². The van der Waals surface area contributed by atoms with Crippen LogP contribution < -0.4 is 42.5 Å². The van der Waals surface area contributed by atoms with E-state index in [0.717, 1.165) is 26.4 Å². The van der Waals surface area contributed by atoms with E-state index in [1.165, 1.54) is 50.1 Å². The molecule has 0 aromatic heterocycles.